The summed E-state index contributed by atoms with van der Waals surface area (Å²) in [5.41, 5.74) is 4.27. The van der Waals surface area contributed by atoms with E-state index in [2.05, 4.69) is 41.7 Å². The van der Waals surface area contributed by atoms with Crippen LogP contribution in [0.5, 0.6) is 0 Å². The number of nitrogens with one attached hydrogen (secondary N) is 6. The van der Waals surface area contributed by atoms with Gasteiger partial charge in [0.05, 0.1) is 0 Å². The first-order chi connectivity index (χ1) is 26.3. The predicted octanol–water partition coefficient (Wildman–Crippen LogP) is 6.68. The topological polar surface area (TPSA) is 164 Å². The van der Waals surface area contributed by atoms with Gasteiger partial charge in [-0.2, -0.15) is 0 Å². The van der Waals surface area contributed by atoms with E-state index in [1.54, 1.807) is 97.1 Å². The number of hydrogen-bond acceptors (Lipinski definition) is 7. The lowest BCUT2D eigenvalue weighted by atomic mass is 10.2. The van der Waals surface area contributed by atoms with E-state index < -0.39 is 6.03 Å². The van der Waals surface area contributed by atoms with Gasteiger partial charge in [-0.1, -0.05) is 0 Å². The monoisotopic (exact) mass is 730 g/mol. The maximum atomic E-state index is 12.8. The van der Waals surface area contributed by atoms with Crippen molar-refractivity contribution in [3.8, 4) is 0 Å². The molecule has 0 saturated carbocycles. The van der Waals surface area contributed by atoms with Gasteiger partial charge >= 0.3 is 6.03 Å². The second-order valence-electron chi connectivity index (χ2n) is 13.5. The molecule has 2 fully saturated rings. The number of rotatable bonds is 14. The summed E-state index contributed by atoms with van der Waals surface area (Å²) in [6.45, 7) is 5.74. The molecule has 4 aromatic rings. The molecule has 0 atom stereocenters. The van der Waals surface area contributed by atoms with Gasteiger partial charge in [0.2, 0.25) is 11.8 Å². The quantitative estimate of drug-likeness (QED) is 0.0843. The standard InChI is InChI=1S/C41H46N8O5/c50-37(21-27-48-23-1-2-24-48)42-31-13-17-33(18-14-31)44-39(52)29-5-9-35(10-6-29)46-41(54)47-36-11-7-30(8-12-36)40(53)45-34-19-15-32(16-20-34)43-38(51)22-28-49-25-3-4-26-49/h5-20H,1-4,21-28H2,(H,42,50)(H,43,51)(H,44,52)(H,45,53)(H2,46,47,54). The zero-order chi connectivity index (χ0) is 37.7. The Hall–Kier alpha value is -6.05. The molecule has 4 aromatic carbocycles. The Labute approximate surface area is 314 Å². The molecule has 2 saturated heterocycles. The fourth-order valence-electron chi connectivity index (χ4n) is 6.36. The molecule has 0 bridgehead atoms. The van der Waals surface area contributed by atoms with Gasteiger partial charge in [-0.15, -0.1) is 0 Å². The third-order valence-electron chi connectivity index (χ3n) is 9.37. The summed E-state index contributed by atoms with van der Waals surface area (Å²) < 4.78 is 0. The van der Waals surface area contributed by atoms with Crippen LogP contribution in [-0.4, -0.2) is 78.7 Å². The van der Waals surface area contributed by atoms with Crippen LogP contribution in [0.2, 0.25) is 0 Å². The van der Waals surface area contributed by atoms with E-state index in [1.807, 2.05) is 0 Å². The lowest BCUT2D eigenvalue weighted by molar-refractivity contribution is -0.117. The maximum absolute atomic E-state index is 12.8. The van der Waals surface area contributed by atoms with Crippen molar-refractivity contribution in [3.05, 3.63) is 108 Å². The Morgan fingerprint density at radius 2 is 0.667 bits per heavy atom. The Bertz CT molecular complexity index is 1760. The second-order valence-corrected chi connectivity index (χ2v) is 13.5. The van der Waals surface area contributed by atoms with Crippen molar-refractivity contribution in [3.63, 3.8) is 0 Å². The van der Waals surface area contributed by atoms with Crippen molar-refractivity contribution >= 4 is 63.8 Å². The smallest absolute Gasteiger partial charge is 0.323 e. The molecule has 0 aliphatic carbocycles. The molecule has 0 unspecified atom stereocenters. The van der Waals surface area contributed by atoms with Crippen LogP contribution in [0.15, 0.2) is 97.1 Å². The van der Waals surface area contributed by atoms with Gasteiger partial charge in [0.1, 0.15) is 0 Å². The Kier molecular flexibility index (Phi) is 13.0. The molecule has 6 amide bonds. The van der Waals surface area contributed by atoms with Gasteiger partial charge in [0.15, 0.2) is 0 Å². The molecule has 0 spiro atoms. The van der Waals surface area contributed by atoms with Gasteiger partial charge < -0.3 is 41.7 Å². The zero-order valence-electron chi connectivity index (χ0n) is 30.2. The number of likely N-dealkylation sites (tertiary alicyclic amines) is 2. The number of hydrogen-bond donors (Lipinski definition) is 6. The van der Waals surface area contributed by atoms with E-state index in [0.29, 0.717) is 58.1 Å². The van der Waals surface area contributed by atoms with Gasteiger partial charge in [0, 0.05) is 71.2 Å². The van der Waals surface area contributed by atoms with Crippen molar-refractivity contribution in [1.29, 1.82) is 0 Å². The third kappa shape index (κ3) is 11.5. The first-order valence-corrected chi connectivity index (χ1v) is 18.4. The first kappa shape index (κ1) is 37.7. The molecule has 13 heteroatoms. The Morgan fingerprint density at radius 3 is 1.00 bits per heavy atom. The second kappa shape index (κ2) is 18.6. The lowest BCUT2D eigenvalue weighted by Crippen LogP contribution is -2.25. The molecule has 280 valence electrons. The van der Waals surface area contributed by atoms with Gasteiger partial charge in [-0.05, 0) is 149 Å². The SMILES string of the molecule is O=C(CCN1CCCC1)Nc1ccc(NC(=O)c2ccc(NC(=O)Nc3ccc(C(=O)Nc4ccc(NC(=O)CCN5CCCC5)cc4)cc3)cc2)cc1. The van der Waals surface area contributed by atoms with Crippen LogP contribution < -0.4 is 31.9 Å². The highest BCUT2D eigenvalue weighted by Gasteiger charge is 2.15. The molecule has 0 radical (unpaired) electrons. The highest BCUT2D eigenvalue weighted by molar-refractivity contribution is 6.06. The van der Waals surface area contributed by atoms with Crippen molar-refractivity contribution in [2.24, 2.45) is 0 Å². The van der Waals surface area contributed by atoms with Crippen molar-refractivity contribution in [1.82, 2.24) is 9.80 Å². The van der Waals surface area contributed by atoms with Crippen molar-refractivity contribution in [2.45, 2.75) is 38.5 Å². The zero-order valence-corrected chi connectivity index (χ0v) is 30.2. The molecule has 13 nitrogen and oxygen atoms in total. The van der Waals surface area contributed by atoms with E-state index in [9.17, 15) is 24.0 Å². The molecule has 54 heavy (non-hydrogen) atoms. The highest BCUT2D eigenvalue weighted by Crippen LogP contribution is 2.19. The molecule has 2 heterocycles. The first-order valence-electron chi connectivity index (χ1n) is 18.4. The number of nitrogens with zero attached hydrogens (tertiary/aromatic N) is 2. The average Bonchev–Trinajstić information content (AvgIpc) is 3.91. The average molecular weight is 731 g/mol. The minimum Gasteiger partial charge on any atom is -0.326 e. The van der Waals surface area contributed by atoms with E-state index in [4.69, 9.17) is 0 Å². The summed E-state index contributed by atoms with van der Waals surface area (Å²) in [6, 6.07) is 26.3. The molecule has 6 N–H and O–H groups in total. The minimum atomic E-state index is -0.490. The highest BCUT2D eigenvalue weighted by atomic mass is 16.2. The number of carbonyl (C=O) groups excluding carboxylic acids is 5. The molecule has 2 aliphatic heterocycles. The summed E-state index contributed by atoms with van der Waals surface area (Å²) in [6.07, 6.45) is 5.65. The normalized spacial score (nSPS) is 14.2. The summed E-state index contributed by atoms with van der Waals surface area (Å²) in [5.74, 6) is -0.710. The summed E-state index contributed by atoms with van der Waals surface area (Å²) in [4.78, 5) is 67.4. The van der Waals surface area contributed by atoms with Crippen LogP contribution >= 0.6 is 0 Å². The summed E-state index contributed by atoms with van der Waals surface area (Å²) in [7, 11) is 0. The lowest BCUT2D eigenvalue weighted by Gasteiger charge is -2.14. The van der Waals surface area contributed by atoms with Crippen LogP contribution in [0.3, 0.4) is 0 Å². The molecule has 0 aromatic heterocycles. The fraction of sp³-hybridized carbons (Fsp3) is 0.293. The Morgan fingerprint density at radius 1 is 0.389 bits per heavy atom. The van der Waals surface area contributed by atoms with Crippen LogP contribution in [0.4, 0.5) is 38.9 Å². The molecular formula is C41H46N8O5. The van der Waals surface area contributed by atoms with Gasteiger partial charge in [-0.3, -0.25) is 19.2 Å². The van der Waals surface area contributed by atoms with Gasteiger partial charge in [0.25, 0.3) is 11.8 Å². The molecular weight excluding hydrogens is 685 g/mol. The van der Waals surface area contributed by atoms with Crippen LogP contribution in [0, 0.1) is 0 Å². The van der Waals surface area contributed by atoms with Crippen LogP contribution in [0.1, 0.15) is 59.2 Å². The molecule has 2 aliphatic rings. The summed E-state index contributed by atoms with van der Waals surface area (Å²) in [5, 5.41) is 16.9. The number of benzene rings is 4. The predicted molar refractivity (Wildman–Crippen MR) is 212 cm³/mol. The van der Waals surface area contributed by atoms with Crippen molar-refractivity contribution in [2.75, 3.05) is 71.2 Å². The number of anilines is 6. The van der Waals surface area contributed by atoms with Crippen molar-refractivity contribution < 1.29 is 24.0 Å². The van der Waals surface area contributed by atoms with E-state index in [1.165, 1.54) is 25.7 Å². The minimum absolute atomic E-state index is 0.0368. The van der Waals surface area contributed by atoms with E-state index in [0.717, 1.165) is 39.3 Å². The third-order valence-corrected chi connectivity index (χ3v) is 9.37. The van der Waals surface area contributed by atoms with Gasteiger partial charge in [-0.25, -0.2) is 4.79 Å². The maximum Gasteiger partial charge on any atom is 0.323 e. The van der Waals surface area contributed by atoms with Crippen LogP contribution in [-0.2, 0) is 9.59 Å². The van der Waals surface area contributed by atoms with E-state index >= 15 is 0 Å². The fourth-order valence-corrected chi connectivity index (χ4v) is 6.36. The summed E-state index contributed by atoms with van der Waals surface area (Å²) >= 11 is 0. The Balaban J connectivity index is 0.899. The molecule has 6 rings (SSSR count). The van der Waals surface area contributed by atoms with Crippen LogP contribution in [0.25, 0.3) is 0 Å². The number of carbonyl (C=O) groups is 5. The largest absolute Gasteiger partial charge is 0.326 e. The number of amides is 6. The number of urea groups is 1. The van der Waals surface area contributed by atoms with E-state index in [-0.39, 0.29) is 23.6 Å².